The zero-order valence-electron chi connectivity index (χ0n) is 9.46. The molecule has 1 atom stereocenters. The fourth-order valence-electron chi connectivity index (χ4n) is 1.93. The highest BCUT2D eigenvalue weighted by atomic mass is 32.2. The Morgan fingerprint density at radius 1 is 1.36 bits per heavy atom. The Balaban J connectivity index is 2.02. The van der Waals surface area contributed by atoms with Crippen LogP contribution in [0.5, 0.6) is 0 Å². The molecule has 0 aromatic carbocycles. The number of hydrogen-bond donors (Lipinski definition) is 2. The van der Waals surface area contributed by atoms with Crippen LogP contribution in [0.15, 0.2) is 0 Å². The summed E-state index contributed by atoms with van der Waals surface area (Å²) in [4.78, 5) is 0. The van der Waals surface area contributed by atoms with Gasteiger partial charge >= 0.3 is 0 Å². The van der Waals surface area contributed by atoms with Crippen LogP contribution in [-0.4, -0.2) is 30.1 Å². The molecule has 0 aromatic heterocycles. The van der Waals surface area contributed by atoms with Crippen molar-refractivity contribution in [3.8, 4) is 0 Å². The van der Waals surface area contributed by atoms with Crippen LogP contribution < -0.4 is 11.1 Å². The van der Waals surface area contributed by atoms with Gasteiger partial charge in [0.15, 0.2) is 0 Å². The third-order valence-electron chi connectivity index (χ3n) is 3.16. The minimum absolute atomic E-state index is 0.471. The first kappa shape index (κ1) is 12.3. The molecule has 1 aliphatic carbocycles. The number of thioether (sulfide) groups is 1. The predicted octanol–water partition coefficient (Wildman–Crippen LogP) is 1.99. The molecule has 0 aromatic rings. The lowest BCUT2D eigenvalue weighted by atomic mass is 9.92. The lowest BCUT2D eigenvalue weighted by Crippen LogP contribution is -2.38. The molecule has 0 heterocycles. The van der Waals surface area contributed by atoms with Crippen molar-refractivity contribution >= 4 is 11.8 Å². The van der Waals surface area contributed by atoms with Crippen LogP contribution in [-0.2, 0) is 0 Å². The Morgan fingerprint density at radius 2 is 2.00 bits per heavy atom. The maximum absolute atomic E-state index is 5.86. The fraction of sp³-hybridized carbons (Fsp3) is 1.00. The normalized spacial score (nSPS) is 30.2. The van der Waals surface area contributed by atoms with E-state index in [-0.39, 0.29) is 0 Å². The van der Waals surface area contributed by atoms with E-state index >= 15 is 0 Å². The van der Waals surface area contributed by atoms with Gasteiger partial charge < -0.3 is 11.1 Å². The summed E-state index contributed by atoms with van der Waals surface area (Å²) in [5.74, 6) is 0. The van der Waals surface area contributed by atoms with Gasteiger partial charge in [-0.3, -0.25) is 0 Å². The molecule has 0 radical (unpaired) electrons. The Kier molecular flexibility index (Phi) is 5.90. The van der Waals surface area contributed by atoms with Crippen LogP contribution in [0.3, 0.4) is 0 Å². The molecule has 1 fully saturated rings. The quantitative estimate of drug-likeness (QED) is 0.738. The van der Waals surface area contributed by atoms with Crippen LogP contribution in [0.1, 0.15) is 39.0 Å². The summed E-state index contributed by atoms with van der Waals surface area (Å²) in [5.41, 5.74) is 5.86. The Labute approximate surface area is 92.4 Å². The highest BCUT2D eigenvalue weighted by molar-refractivity contribution is 7.99. The molecule has 0 aliphatic heterocycles. The van der Waals surface area contributed by atoms with Gasteiger partial charge in [-0.2, -0.15) is 11.8 Å². The summed E-state index contributed by atoms with van der Waals surface area (Å²) in [6.07, 6.45) is 8.42. The zero-order valence-corrected chi connectivity index (χ0v) is 10.3. The topological polar surface area (TPSA) is 38.0 Å². The summed E-state index contributed by atoms with van der Waals surface area (Å²) >= 11 is 1.95. The molecule has 1 aliphatic rings. The molecule has 0 amide bonds. The number of rotatable bonds is 5. The first-order valence-electron chi connectivity index (χ1n) is 5.74. The number of nitrogens with two attached hydrogens (primary N) is 1. The largest absolute Gasteiger partial charge is 0.328 e. The first-order valence-corrected chi connectivity index (χ1v) is 7.03. The summed E-state index contributed by atoms with van der Waals surface area (Å²) in [6, 6.07) is 1.21. The van der Waals surface area contributed by atoms with E-state index in [1.165, 1.54) is 38.6 Å². The second-order valence-corrected chi connectivity index (χ2v) is 5.68. The van der Waals surface area contributed by atoms with Gasteiger partial charge in [0.2, 0.25) is 0 Å². The maximum Gasteiger partial charge on any atom is 0.00682 e. The summed E-state index contributed by atoms with van der Waals surface area (Å²) < 4.78 is 0. The van der Waals surface area contributed by atoms with Gasteiger partial charge in [0.1, 0.15) is 0 Å². The van der Waals surface area contributed by atoms with Crippen molar-refractivity contribution in [2.24, 2.45) is 5.73 Å². The van der Waals surface area contributed by atoms with Crippen molar-refractivity contribution < 1.29 is 0 Å². The van der Waals surface area contributed by atoms with E-state index in [0.717, 1.165) is 11.3 Å². The van der Waals surface area contributed by atoms with Crippen molar-refractivity contribution in [2.45, 2.75) is 56.4 Å². The van der Waals surface area contributed by atoms with Gasteiger partial charge in [0.25, 0.3) is 0 Å². The smallest absolute Gasteiger partial charge is 0.00682 e. The minimum Gasteiger partial charge on any atom is -0.328 e. The molecule has 0 saturated heterocycles. The van der Waals surface area contributed by atoms with Gasteiger partial charge in [-0.05, 0) is 44.9 Å². The first-order chi connectivity index (χ1) is 6.72. The molecule has 0 bridgehead atoms. The van der Waals surface area contributed by atoms with Crippen molar-refractivity contribution in [1.82, 2.24) is 5.32 Å². The maximum atomic E-state index is 5.86. The Bertz CT molecular complexity index is 144. The van der Waals surface area contributed by atoms with Crippen molar-refractivity contribution in [1.29, 1.82) is 0 Å². The molecule has 0 spiro atoms. The standard InChI is InChI=1S/C11H24N2S/c1-9(14-2)7-8-13-11-5-3-10(12)4-6-11/h9-11,13H,3-8,12H2,1-2H3. The summed E-state index contributed by atoms with van der Waals surface area (Å²) in [5, 5.41) is 4.42. The van der Waals surface area contributed by atoms with E-state index in [1.807, 2.05) is 11.8 Å². The summed E-state index contributed by atoms with van der Waals surface area (Å²) in [6.45, 7) is 3.46. The van der Waals surface area contributed by atoms with Gasteiger partial charge in [-0.25, -0.2) is 0 Å². The van der Waals surface area contributed by atoms with Gasteiger partial charge in [-0.1, -0.05) is 6.92 Å². The van der Waals surface area contributed by atoms with Gasteiger partial charge in [-0.15, -0.1) is 0 Å². The Morgan fingerprint density at radius 3 is 2.57 bits per heavy atom. The third kappa shape index (κ3) is 4.67. The van der Waals surface area contributed by atoms with Crippen molar-refractivity contribution in [3.63, 3.8) is 0 Å². The second kappa shape index (κ2) is 6.70. The molecule has 84 valence electrons. The highest BCUT2D eigenvalue weighted by Crippen LogP contribution is 2.17. The average Bonchev–Trinajstić information content (AvgIpc) is 2.21. The lowest BCUT2D eigenvalue weighted by Gasteiger charge is -2.27. The van der Waals surface area contributed by atoms with E-state index in [1.54, 1.807) is 0 Å². The second-order valence-electron chi connectivity index (χ2n) is 4.40. The van der Waals surface area contributed by atoms with Crippen LogP contribution in [0, 0.1) is 0 Å². The molecule has 3 heteroatoms. The van der Waals surface area contributed by atoms with Crippen molar-refractivity contribution in [2.75, 3.05) is 12.8 Å². The van der Waals surface area contributed by atoms with Crippen LogP contribution in [0.4, 0.5) is 0 Å². The van der Waals surface area contributed by atoms with E-state index in [2.05, 4.69) is 18.5 Å². The van der Waals surface area contributed by atoms with E-state index in [9.17, 15) is 0 Å². The molecular weight excluding hydrogens is 192 g/mol. The highest BCUT2D eigenvalue weighted by Gasteiger charge is 2.17. The fourth-order valence-corrected chi connectivity index (χ4v) is 2.29. The monoisotopic (exact) mass is 216 g/mol. The minimum atomic E-state index is 0.471. The van der Waals surface area contributed by atoms with Gasteiger partial charge in [0.05, 0.1) is 0 Å². The average molecular weight is 216 g/mol. The van der Waals surface area contributed by atoms with Crippen LogP contribution in [0.25, 0.3) is 0 Å². The van der Waals surface area contributed by atoms with Crippen LogP contribution >= 0.6 is 11.8 Å². The van der Waals surface area contributed by atoms with E-state index in [0.29, 0.717) is 6.04 Å². The molecular formula is C11H24N2S. The molecule has 2 nitrogen and oxygen atoms in total. The SMILES string of the molecule is CSC(C)CCNC1CCC(N)CC1. The lowest BCUT2D eigenvalue weighted by molar-refractivity contribution is 0.342. The number of nitrogens with one attached hydrogen (secondary N) is 1. The van der Waals surface area contributed by atoms with Crippen LogP contribution in [0.2, 0.25) is 0 Å². The molecule has 1 saturated carbocycles. The summed E-state index contributed by atoms with van der Waals surface area (Å²) in [7, 11) is 0. The van der Waals surface area contributed by atoms with E-state index in [4.69, 9.17) is 5.73 Å². The molecule has 14 heavy (non-hydrogen) atoms. The van der Waals surface area contributed by atoms with E-state index < -0.39 is 0 Å². The number of hydrogen-bond acceptors (Lipinski definition) is 3. The Hall–Kier alpha value is 0.270. The molecule has 3 N–H and O–H groups in total. The van der Waals surface area contributed by atoms with Gasteiger partial charge in [0, 0.05) is 17.3 Å². The molecule has 1 rings (SSSR count). The van der Waals surface area contributed by atoms with Crippen molar-refractivity contribution in [3.05, 3.63) is 0 Å². The third-order valence-corrected chi connectivity index (χ3v) is 4.20. The predicted molar refractivity (Wildman–Crippen MR) is 65.8 cm³/mol. The molecule has 1 unspecified atom stereocenters. The zero-order chi connectivity index (χ0) is 10.4.